The highest BCUT2D eigenvalue weighted by Gasteiger charge is 2.29. The normalized spacial score (nSPS) is 17.8. The molecule has 0 spiro atoms. The number of carbonyl (C=O) groups excluding carboxylic acids is 1. The highest BCUT2D eigenvalue weighted by molar-refractivity contribution is 5.89. The molecule has 4 rings (SSSR count). The lowest BCUT2D eigenvalue weighted by atomic mass is 10.1. The zero-order valence-electron chi connectivity index (χ0n) is 13.6. The van der Waals surface area contributed by atoms with Crippen LogP contribution < -0.4 is 5.32 Å². The molecule has 1 aliphatic carbocycles. The van der Waals surface area contributed by atoms with Gasteiger partial charge in [0.15, 0.2) is 5.82 Å². The predicted molar refractivity (Wildman–Crippen MR) is 87.4 cm³/mol. The number of nitrogens with zero attached hydrogens (tertiary/aromatic N) is 3. The molecule has 2 fully saturated rings. The van der Waals surface area contributed by atoms with E-state index >= 15 is 0 Å². The maximum absolute atomic E-state index is 12.2. The number of rotatable bonds is 3. The Morgan fingerprint density at radius 2 is 2.21 bits per heavy atom. The highest BCUT2D eigenvalue weighted by Crippen LogP contribution is 2.39. The lowest BCUT2D eigenvalue weighted by molar-refractivity contribution is -0.135. The summed E-state index contributed by atoms with van der Waals surface area (Å²) in [5.41, 5.74) is 2.54. The molecule has 2 aromatic rings. The number of amides is 2. The van der Waals surface area contributed by atoms with E-state index in [-0.39, 0.29) is 6.03 Å². The molecular formula is C17H20N4O3. The first-order chi connectivity index (χ1) is 11.7. The summed E-state index contributed by atoms with van der Waals surface area (Å²) in [6.07, 6.45) is 4.24. The number of anilines is 1. The van der Waals surface area contributed by atoms with Crippen LogP contribution in [-0.2, 0) is 4.84 Å². The standard InChI is InChI=1S/C17H20N4O3/c1-11-10-13(16-19-15(20-24-16)12-4-5-12)6-7-14(11)18-17(22)21-8-2-3-9-23-21/h6-7,10,12H,2-5,8-9H2,1H3,(H,18,22). The number of nitrogens with one attached hydrogen (secondary N) is 1. The van der Waals surface area contributed by atoms with Crippen LogP contribution >= 0.6 is 0 Å². The minimum Gasteiger partial charge on any atom is -0.334 e. The fourth-order valence-electron chi connectivity index (χ4n) is 2.73. The van der Waals surface area contributed by atoms with Crippen LogP contribution in [0.1, 0.15) is 43.0 Å². The molecule has 7 nitrogen and oxygen atoms in total. The minimum atomic E-state index is -0.237. The van der Waals surface area contributed by atoms with Crippen LogP contribution in [0.4, 0.5) is 10.5 Å². The van der Waals surface area contributed by atoms with Crippen LogP contribution in [0.2, 0.25) is 0 Å². The smallest absolute Gasteiger partial charge is 0.334 e. The summed E-state index contributed by atoms with van der Waals surface area (Å²) in [7, 11) is 0. The molecule has 0 atom stereocenters. The van der Waals surface area contributed by atoms with Gasteiger partial charge < -0.3 is 9.84 Å². The quantitative estimate of drug-likeness (QED) is 0.933. The van der Waals surface area contributed by atoms with Gasteiger partial charge in [-0.1, -0.05) is 5.16 Å². The Morgan fingerprint density at radius 3 is 2.92 bits per heavy atom. The zero-order chi connectivity index (χ0) is 16.5. The number of urea groups is 1. The molecule has 1 saturated carbocycles. The van der Waals surface area contributed by atoms with Gasteiger partial charge in [-0.15, -0.1) is 0 Å². The van der Waals surface area contributed by atoms with Crippen molar-refractivity contribution in [2.75, 3.05) is 18.5 Å². The summed E-state index contributed by atoms with van der Waals surface area (Å²) in [5, 5.41) is 8.31. The van der Waals surface area contributed by atoms with Crippen molar-refractivity contribution in [2.24, 2.45) is 0 Å². The van der Waals surface area contributed by atoms with E-state index in [1.165, 1.54) is 5.06 Å². The number of hydroxylamine groups is 2. The first-order valence-corrected chi connectivity index (χ1v) is 8.37. The van der Waals surface area contributed by atoms with Crippen LogP contribution in [0.25, 0.3) is 11.5 Å². The van der Waals surface area contributed by atoms with E-state index in [0.717, 1.165) is 48.3 Å². The van der Waals surface area contributed by atoms with Gasteiger partial charge in [0.25, 0.3) is 5.89 Å². The van der Waals surface area contributed by atoms with Crippen molar-refractivity contribution < 1.29 is 14.2 Å². The van der Waals surface area contributed by atoms with E-state index in [1.807, 2.05) is 25.1 Å². The average Bonchev–Trinajstić information content (AvgIpc) is 3.34. The molecule has 7 heteroatoms. The Labute approximate surface area is 139 Å². The van der Waals surface area contributed by atoms with Gasteiger partial charge in [-0.3, -0.25) is 4.84 Å². The van der Waals surface area contributed by atoms with Crippen LogP contribution in [-0.4, -0.2) is 34.4 Å². The van der Waals surface area contributed by atoms with Gasteiger partial charge in [-0.2, -0.15) is 4.98 Å². The number of hydrogen-bond acceptors (Lipinski definition) is 5. The van der Waals surface area contributed by atoms with Crippen molar-refractivity contribution >= 4 is 11.7 Å². The van der Waals surface area contributed by atoms with Gasteiger partial charge in [-0.25, -0.2) is 9.86 Å². The monoisotopic (exact) mass is 328 g/mol. The number of hydrogen-bond donors (Lipinski definition) is 1. The molecule has 126 valence electrons. The van der Waals surface area contributed by atoms with Crippen molar-refractivity contribution in [1.82, 2.24) is 15.2 Å². The first-order valence-electron chi connectivity index (χ1n) is 8.37. The Morgan fingerprint density at radius 1 is 1.33 bits per heavy atom. The van der Waals surface area contributed by atoms with E-state index < -0.39 is 0 Å². The number of carbonyl (C=O) groups is 1. The average molecular weight is 328 g/mol. The molecule has 2 amide bonds. The second-order valence-corrected chi connectivity index (χ2v) is 6.33. The van der Waals surface area contributed by atoms with Gasteiger partial charge in [-0.05, 0) is 56.4 Å². The van der Waals surface area contributed by atoms with Gasteiger partial charge in [0.2, 0.25) is 0 Å². The molecule has 24 heavy (non-hydrogen) atoms. The van der Waals surface area contributed by atoms with Crippen molar-refractivity contribution in [2.45, 2.75) is 38.5 Å². The molecule has 1 saturated heterocycles. The summed E-state index contributed by atoms with van der Waals surface area (Å²) in [6, 6.07) is 5.44. The molecule has 1 aromatic heterocycles. The van der Waals surface area contributed by atoms with E-state index in [1.54, 1.807) is 0 Å². The molecule has 0 bridgehead atoms. The molecule has 1 N–H and O–H groups in total. The van der Waals surface area contributed by atoms with Crippen molar-refractivity contribution in [3.63, 3.8) is 0 Å². The largest absolute Gasteiger partial charge is 0.345 e. The Bertz CT molecular complexity index is 748. The van der Waals surface area contributed by atoms with E-state index in [9.17, 15) is 4.79 Å². The maximum Gasteiger partial charge on any atom is 0.345 e. The minimum absolute atomic E-state index is 0.237. The fraction of sp³-hybridized carbons (Fsp3) is 0.471. The third kappa shape index (κ3) is 3.12. The van der Waals surface area contributed by atoms with E-state index in [4.69, 9.17) is 9.36 Å². The van der Waals surface area contributed by atoms with Crippen molar-refractivity contribution in [3.05, 3.63) is 29.6 Å². The SMILES string of the molecule is Cc1cc(-c2nc(C3CC3)no2)ccc1NC(=O)N1CCCCO1. The molecule has 1 aromatic carbocycles. The van der Waals surface area contributed by atoms with Crippen molar-refractivity contribution in [3.8, 4) is 11.5 Å². The summed E-state index contributed by atoms with van der Waals surface area (Å²) < 4.78 is 5.35. The van der Waals surface area contributed by atoms with Crippen LogP contribution in [0.5, 0.6) is 0 Å². The Hall–Kier alpha value is -2.41. The first kappa shape index (κ1) is 15.1. The molecule has 2 aliphatic rings. The Balaban J connectivity index is 1.47. The number of benzene rings is 1. The van der Waals surface area contributed by atoms with Crippen LogP contribution in [0, 0.1) is 6.92 Å². The van der Waals surface area contributed by atoms with Gasteiger partial charge in [0, 0.05) is 17.2 Å². The molecule has 0 radical (unpaired) electrons. The highest BCUT2D eigenvalue weighted by atomic mass is 16.7. The van der Waals surface area contributed by atoms with Crippen LogP contribution in [0.3, 0.4) is 0 Å². The van der Waals surface area contributed by atoms with Gasteiger partial charge >= 0.3 is 6.03 Å². The molecule has 0 unspecified atom stereocenters. The summed E-state index contributed by atoms with van der Waals surface area (Å²) >= 11 is 0. The second-order valence-electron chi connectivity index (χ2n) is 6.33. The van der Waals surface area contributed by atoms with E-state index in [0.29, 0.717) is 25.0 Å². The lowest BCUT2D eigenvalue weighted by Crippen LogP contribution is -2.38. The topological polar surface area (TPSA) is 80.5 Å². The molecule has 1 aliphatic heterocycles. The summed E-state index contributed by atoms with van der Waals surface area (Å²) in [5.74, 6) is 1.78. The fourth-order valence-corrected chi connectivity index (χ4v) is 2.73. The zero-order valence-corrected chi connectivity index (χ0v) is 13.6. The third-order valence-electron chi connectivity index (χ3n) is 4.33. The predicted octanol–water partition coefficient (Wildman–Crippen LogP) is 3.48. The number of aromatic nitrogens is 2. The van der Waals surface area contributed by atoms with Gasteiger partial charge in [0.05, 0.1) is 13.2 Å². The Kier molecular flexibility index (Phi) is 3.93. The second kappa shape index (κ2) is 6.24. The number of aryl methyl sites for hydroxylation is 1. The summed E-state index contributed by atoms with van der Waals surface area (Å²) in [4.78, 5) is 22.0. The van der Waals surface area contributed by atoms with Crippen LogP contribution in [0.15, 0.2) is 22.7 Å². The third-order valence-corrected chi connectivity index (χ3v) is 4.33. The lowest BCUT2D eigenvalue weighted by Gasteiger charge is -2.26. The van der Waals surface area contributed by atoms with Crippen molar-refractivity contribution in [1.29, 1.82) is 0 Å². The summed E-state index contributed by atoms with van der Waals surface area (Å²) in [6.45, 7) is 3.15. The maximum atomic E-state index is 12.2. The van der Waals surface area contributed by atoms with Gasteiger partial charge in [0.1, 0.15) is 0 Å². The van der Waals surface area contributed by atoms with E-state index in [2.05, 4.69) is 15.5 Å². The molecule has 2 heterocycles. The molecular weight excluding hydrogens is 308 g/mol.